The molecule has 7 nitrogen and oxygen atoms in total. The summed E-state index contributed by atoms with van der Waals surface area (Å²) in [6.07, 6.45) is 1.28. The van der Waals surface area contributed by atoms with Crippen LogP contribution in [0, 0.1) is 10.1 Å². The van der Waals surface area contributed by atoms with Gasteiger partial charge in [-0.25, -0.2) is 4.98 Å². The highest BCUT2D eigenvalue weighted by Gasteiger charge is 2.22. The topological polar surface area (TPSA) is 79.6 Å². The lowest BCUT2D eigenvalue weighted by Crippen LogP contribution is -2.48. The second kappa shape index (κ2) is 4.66. The van der Waals surface area contributed by atoms with Gasteiger partial charge in [0.15, 0.2) is 5.13 Å². The Bertz CT molecular complexity index is 439. The number of hydrogen-bond donors (Lipinski definition) is 0. The Kier molecular flexibility index (Phi) is 3.23. The molecule has 0 N–H and O–H groups in total. The van der Waals surface area contributed by atoms with Gasteiger partial charge in [0.2, 0.25) is 5.91 Å². The number of nitrogens with zero attached hydrogens (tertiary/aromatic N) is 4. The highest BCUT2D eigenvalue weighted by atomic mass is 32.1. The Labute approximate surface area is 102 Å². The lowest BCUT2D eigenvalue weighted by molar-refractivity contribution is -0.380. The molecule has 1 fully saturated rings. The van der Waals surface area contributed by atoms with Gasteiger partial charge < -0.3 is 9.80 Å². The van der Waals surface area contributed by atoms with Crippen molar-refractivity contribution in [2.75, 3.05) is 31.1 Å². The molecule has 1 aliphatic heterocycles. The quantitative estimate of drug-likeness (QED) is 0.575. The molecule has 0 spiro atoms. The van der Waals surface area contributed by atoms with Gasteiger partial charge in [-0.2, -0.15) is 0 Å². The number of hydrogen-bond acceptors (Lipinski definition) is 6. The van der Waals surface area contributed by atoms with Crippen LogP contribution in [0.3, 0.4) is 0 Å². The Morgan fingerprint density at radius 1 is 1.47 bits per heavy atom. The van der Waals surface area contributed by atoms with E-state index in [0.717, 1.165) is 11.3 Å². The molecule has 0 radical (unpaired) electrons. The summed E-state index contributed by atoms with van der Waals surface area (Å²) >= 11 is 1.07. The molecule has 92 valence electrons. The van der Waals surface area contributed by atoms with E-state index in [-0.39, 0.29) is 10.9 Å². The van der Waals surface area contributed by atoms with E-state index >= 15 is 0 Å². The van der Waals surface area contributed by atoms with Crippen LogP contribution in [0.1, 0.15) is 6.92 Å². The first-order valence-electron chi connectivity index (χ1n) is 5.18. The molecular formula is C9H12N4O3S. The standard InChI is InChI=1S/C9H12N4O3S/c1-7(14)11-2-4-12(5-3-11)9-10-6-8(17-9)13(15)16/h6H,2-5H2,1H3. The summed E-state index contributed by atoms with van der Waals surface area (Å²) < 4.78 is 0. The molecule has 0 saturated carbocycles. The molecule has 1 saturated heterocycles. The number of amides is 1. The third kappa shape index (κ3) is 2.52. The Balaban J connectivity index is 2.00. The summed E-state index contributed by atoms with van der Waals surface area (Å²) in [6, 6.07) is 0. The molecule has 0 aromatic carbocycles. The van der Waals surface area contributed by atoms with Gasteiger partial charge in [-0.1, -0.05) is 0 Å². The second-order valence-corrected chi connectivity index (χ2v) is 4.72. The van der Waals surface area contributed by atoms with Gasteiger partial charge in [0, 0.05) is 33.1 Å². The summed E-state index contributed by atoms with van der Waals surface area (Å²) in [6.45, 7) is 4.17. The van der Waals surface area contributed by atoms with E-state index in [1.165, 1.54) is 6.20 Å². The van der Waals surface area contributed by atoms with Crippen molar-refractivity contribution in [3.05, 3.63) is 16.3 Å². The molecule has 1 aliphatic rings. The number of rotatable bonds is 2. The fraction of sp³-hybridized carbons (Fsp3) is 0.556. The minimum atomic E-state index is -0.438. The van der Waals surface area contributed by atoms with Crippen LogP contribution in [0.4, 0.5) is 10.1 Å². The van der Waals surface area contributed by atoms with Crippen LogP contribution in [0.5, 0.6) is 0 Å². The SMILES string of the molecule is CC(=O)N1CCN(c2ncc([N+](=O)[O-])s2)CC1. The van der Waals surface area contributed by atoms with Gasteiger partial charge in [-0.05, 0) is 11.3 Å². The lowest BCUT2D eigenvalue weighted by atomic mass is 10.3. The number of thiazole rings is 1. The molecule has 0 bridgehead atoms. The van der Waals surface area contributed by atoms with Crippen LogP contribution in [-0.2, 0) is 4.79 Å². The van der Waals surface area contributed by atoms with Crippen LogP contribution in [0.25, 0.3) is 0 Å². The van der Waals surface area contributed by atoms with Crippen molar-refractivity contribution < 1.29 is 9.72 Å². The first-order valence-corrected chi connectivity index (χ1v) is 6.00. The summed E-state index contributed by atoms with van der Waals surface area (Å²) in [5.41, 5.74) is 0. The minimum Gasteiger partial charge on any atom is -0.344 e. The van der Waals surface area contributed by atoms with E-state index in [4.69, 9.17) is 0 Å². The monoisotopic (exact) mass is 256 g/mol. The number of piperazine rings is 1. The van der Waals surface area contributed by atoms with Crippen LogP contribution in [-0.4, -0.2) is 46.9 Å². The third-order valence-corrected chi connectivity index (χ3v) is 3.67. The zero-order valence-corrected chi connectivity index (χ0v) is 10.1. The smallest absolute Gasteiger partial charge is 0.344 e. The van der Waals surface area contributed by atoms with Crippen LogP contribution in [0.2, 0.25) is 0 Å². The van der Waals surface area contributed by atoms with Gasteiger partial charge in [0.1, 0.15) is 6.20 Å². The highest BCUT2D eigenvalue weighted by Crippen LogP contribution is 2.28. The summed E-state index contributed by atoms with van der Waals surface area (Å²) in [5.74, 6) is 0.0646. The minimum absolute atomic E-state index is 0.0500. The van der Waals surface area contributed by atoms with E-state index in [1.54, 1.807) is 11.8 Å². The molecule has 8 heteroatoms. The lowest BCUT2D eigenvalue weighted by Gasteiger charge is -2.33. The third-order valence-electron chi connectivity index (χ3n) is 2.66. The number of anilines is 1. The van der Waals surface area contributed by atoms with Gasteiger partial charge >= 0.3 is 5.00 Å². The molecule has 2 rings (SSSR count). The fourth-order valence-corrected chi connectivity index (χ4v) is 2.48. The molecular weight excluding hydrogens is 244 g/mol. The van der Waals surface area contributed by atoms with E-state index in [2.05, 4.69) is 4.98 Å². The van der Waals surface area contributed by atoms with Crippen molar-refractivity contribution in [2.45, 2.75) is 6.92 Å². The maximum Gasteiger partial charge on any atom is 0.345 e. The number of carbonyl (C=O) groups is 1. The van der Waals surface area contributed by atoms with Gasteiger partial charge in [-0.15, -0.1) is 0 Å². The van der Waals surface area contributed by atoms with Crippen LogP contribution in [0.15, 0.2) is 6.20 Å². The zero-order valence-electron chi connectivity index (χ0n) is 9.33. The van der Waals surface area contributed by atoms with E-state index in [0.29, 0.717) is 31.3 Å². The predicted octanol–water partition coefficient (Wildman–Crippen LogP) is 0.720. The predicted molar refractivity (Wildman–Crippen MR) is 63.2 cm³/mol. The second-order valence-electron chi connectivity index (χ2n) is 3.73. The molecule has 1 aromatic heterocycles. The molecule has 1 aromatic rings. The summed E-state index contributed by atoms with van der Waals surface area (Å²) in [5, 5.41) is 11.2. The fourth-order valence-electron chi connectivity index (χ4n) is 1.70. The molecule has 17 heavy (non-hydrogen) atoms. The van der Waals surface area contributed by atoms with Crippen molar-refractivity contribution in [1.29, 1.82) is 0 Å². The van der Waals surface area contributed by atoms with E-state index in [1.807, 2.05) is 4.90 Å². The summed E-state index contributed by atoms with van der Waals surface area (Å²) in [7, 11) is 0. The Morgan fingerprint density at radius 2 is 2.12 bits per heavy atom. The average Bonchev–Trinajstić information content (AvgIpc) is 2.78. The molecule has 2 heterocycles. The van der Waals surface area contributed by atoms with Crippen molar-refractivity contribution in [3.63, 3.8) is 0 Å². The normalized spacial score (nSPS) is 16.1. The number of nitro groups is 1. The number of carbonyl (C=O) groups excluding carboxylic acids is 1. The first kappa shape index (κ1) is 11.8. The van der Waals surface area contributed by atoms with E-state index < -0.39 is 4.92 Å². The number of aromatic nitrogens is 1. The van der Waals surface area contributed by atoms with Crippen molar-refractivity contribution in [3.8, 4) is 0 Å². The highest BCUT2D eigenvalue weighted by molar-refractivity contribution is 7.18. The van der Waals surface area contributed by atoms with Gasteiger partial charge in [-0.3, -0.25) is 14.9 Å². The van der Waals surface area contributed by atoms with Crippen molar-refractivity contribution >= 4 is 27.4 Å². The molecule has 0 unspecified atom stereocenters. The molecule has 1 amide bonds. The van der Waals surface area contributed by atoms with Crippen molar-refractivity contribution in [1.82, 2.24) is 9.88 Å². The zero-order chi connectivity index (χ0) is 12.4. The summed E-state index contributed by atoms with van der Waals surface area (Å²) in [4.78, 5) is 29.0. The first-order chi connectivity index (χ1) is 8.08. The maximum absolute atomic E-state index is 11.1. The molecule has 0 atom stereocenters. The Morgan fingerprint density at radius 3 is 2.59 bits per heavy atom. The van der Waals surface area contributed by atoms with Crippen LogP contribution < -0.4 is 4.90 Å². The molecule has 0 aliphatic carbocycles. The largest absolute Gasteiger partial charge is 0.345 e. The Hall–Kier alpha value is -1.70. The van der Waals surface area contributed by atoms with Crippen molar-refractivity contribution in [2.24, 2.45) is 0 Å². The van der Waals surface area contributed by atoms with Crippen LogP contribution >= 0.6 is 11.3 Å². The van der Waals surface area contributed by atoms with Gasteiger partial charge in [0.05, 0.1) is 4.92 Å². The maximum atomic E-state index is 11.1. The average molecular weight is 256 g/mol. The van der Waals surface area contributed by atoms with Gasteiger partial charge in [0.25, 0.3) is 0 Å². The van der Waals surface area contributed by atoms with E-state index in [9.17, 15) is 14.9 Å².